The number of carbonyl (C=O) groups is 1. The van der Waals surface area contributed by atoms with Crippen molar-refractivity contribution < 1.29 is 14.4 Å². The molecule has 0 spiro atoms. The molecule has 0 fully saturated rings. The van der Waals surface area contributed by atoms with Crippen LogP contribution in [0.1, 0.15) is 12.7 Å². The van der Waals surface area contributed by atoms with E-state index in [0.717, 1.165) is 0 Å². The van der Waals surface area contributed by atoms with Gasteiger partial charge in [0.25, 0.3) is 0 Å². The van der Waals surface area contributed by atoms with Gasteiger partial charge in [0.2, 0.25) is 5.52 Å². The minimum absolute atomic E-state index is 0.00303. The monoisotopic (exact) mass is 267 g/mol. The molecule has 0 radical (unpaired) electrons. The molecular weight excluding hydrogens is 258 g/mol. The lowest BCUT2D eigenvalue weighted by Gasteiger charge is -2.04. The normalized spacial score (nSPS) is 10.6. The second-order valence-electron chi connectivity index (χ2n) is 3.52. The molecule has 0 bridgehead atoms. The summed E-state index contributed by atoms with van der Waals surface area (Å²) in [5.41, 5.74) is 0.885. The number of halogens is 1. The van der Waals surface area contributed by atoms with Gasteiger partial charge in [0.15, 0.2) is 11.9 Å². The number of rotatable bonds is 3. The zero-order valence-corrected chi connectivity index (χ0v) is 10.3. The zero-order chi connectivity index (χ0) is 13.1. The molecule has 0 saturated heterocycles. The van der Waals surface area contributed by atoms with Crippen molar-refractivity contribution >= 4 is 28.6 Å². The van der Waals surface area contributed by atoms with Crippen LogP contribution in [0.4, 0.5) is 0 Å². The lowest BCUT2D eigenvalue weighted by Crippen LogP contribution is -2.39. The van der Waals surface area contributed by atoms with Crippen LogP contribution in [0.3, 0.4) is 0 Å². The van der Waals surface area contributed by atoms with Gasteiger partial charge in [0.05, 0.1) is 6.61 Å². The van der Waals surface area contributed by atoms with Gasteiger partial charge in [-0.1, -0.05) is 16.7 Å². The van der Waals surface area contributed by atoms with E-state index in [4.69, 9.17) is 16.3 Å². The molecule has 18 heavy (non-hydrogen) atoms. The van der Waals surface area contributed by atoms with Crippen LogP contribution in [0.15, 0.2) is 18.2 Å². The van der Waals surface area contributed by atoms with Gasteiger partial charge in [-0.25, -0.2) is 0 Å². The van der Waals surface area contributed by atoms with Gasteiger partial charge >= 0.3 is 11.8 Å². The number of hydrogen-bond donors (Lipinski definition) is 0. The van der Waals surface area contributed by atoms with E-state index in [9.17, 15) is 10.0 Å². The molecule has 0 amide bonds. The SMILES string of the molecule is CCOC(=O)Cc1nc2ccc(Cl)cc2n[n+]1[O-]. The molecule has 0 saturated carbocycles. The van der Waals surface area contributed by atoms with Crippen LogP contribution >= 0.6 is 11.6 Å². The molecule has 0 aliphatic rings. The first-order valence-electron chi connectivity index (χ1n) is 5.32. The summed E-state index contributed by atoms with van der Waals surface area (Å²) in [7, 11) is 0. The van der Waals surface area contributed by atoms with E-state index in [1.807, 2.05) is 0 Å². The maximum absolute atomic E-state index is 11.6. The third kappa shape index (κ3) is 2.65. The third-order valence-electron chi connectivity index (χ3n) is 2.21. The minimum Gasteiger partial charge on any atom is -0.691 e. The van der Waals surface area contributed by atoms with Crippen LogP contribution in [-0.4, -0.2) is 22.7 Å². The largest absolute Gasteiger partial charge is 0.691 e. The Morgan fingerprint density at radius 2 is 2.28 bits per heavy atom. The maximum Gasteiger partial charge on any atom is 0.334 e. The summed E-state index contributed by atoms with van der Waals surface area (Å²) in [5.74, 6) is -0.506. The first kappa shape index (κ1) is 12.5. The molecule has 0 atom stereocenters. The Balaban J connectivity index is 2.37. The van der Waals surface area contributed by atoms with Gasteiger partial charge in [-0.2, -0.15) is 0 Å². The highest BCUT2D eigenvalue weighted by Crippen LogP contribution is 2.14. The number of esters is 1. The van der Waals surface area contributed by atoms with Gasteiger partial charge in [-0.3, -0.25) is 4.79 Å². The summed E-state index contributed by atoms with van der Waals surface area (Å²) >= 11 is 5.78. The highest BCUT2D eigenvalue weighted by atomic mass is 35.5. The summed E-state index contributed by atoms with van der Waals surface area (Å²) in [4.78, 5) is 15.7. The Morgan fingerprint density at radius 1 is 1.50 bits per heavy atom. The smallest absolute Gasteiger partial charge is 0.334 e. The fourth-order valence-corrected chi connectivity index (χ4v) is 1.62. The molecule has 0 aliphatic heterocycles. The van der Waals surface area contributed by atoms with Crippen LogP contribution < -0.4 is 4.85 Å². The number of aromatic nitrogens is 3. The van der Waals surface area contributed by atoms with Gasteiger partial charge in [-0.15, -0.1) is 4.85 Å². The molecule has 7 heteroatoms. The number of carbonyl (C=O) groups excluding carboxylic acids is 1. The number of nitrogens with zero attached hydrogens (tertiary/aromatic N) is 3. The molecule has 1 heterocycles. The average Bonchev–Trinajstić information content (AvgIpc) is 2.31. The van der Waals surface area contributed by atoms with Crippen LogP contribution in [0.25, 0.3) is 11.0 Å². The van der Waals surface area contributed by atoms with Crippen LogP contribution in [0.2, 0.25) is 5.02 Å². The van der Waals surface area contributed by atoms with Crippen LogP contribution in [-0.2, 0) is 16.0 Å². The van der Waals surface area contributed by atoms with Gasteiger partial charge in [0.1, 0.15) is 0 Å². The molecule has 0 unspecified atom stereocenters. The van der Waals surface area contributed by atoms with E-state index < -0.39 is 5.97 Å². The molecule has 1 aromatic carbocycles. The van der Waals surface area contributed by atoms with Crippen molar-refractivity contribution in [2.24, 2.45) is 0 Å². The van der Waals surface area contributed by atoms with Crippen LogP contribution in [0.5, 0.6) is 0 Å². The molecular formula is C11H10ClN3O3. The number of ether oxygens (including phenoxy) is 1. The van der Waals surface area contributed by atoms with E-state index in [-0.39, 0.29) is 18.9 Å². The van der Waals surface area contributed by atoms with E-state index in [1.54, 1.807) is 19.1 Å². The standard InChI is InChI=1S/C11H10ClN3O3/c1-2-18-11(16)6-10-13-8-4-3-7(12)5-9(8)14-15(10)17/h3-5H,2,6H2,1H3. The average molecular weight is 268 g/mol. The summed E-state index contributed by atoms with van der Waals surface area (Å²) < 4.78 is 4.75. The predicted octanol–water partition coefficient (Wildman–Crippen LogP) is 1.02. The highest BCUT2D eigenvalue weighted by molar-refractivity contribution is 6.31. The quantitative estimate of drug-likeness (QED) is 0.471. The lowest BCUT2D eigenvalue weighted by atomic mass is 10.3. The molecule has 6 nitrogen and oxygen atoms in total. The van der Waals surface area contributed by atoms with E-state index >= 15 is 0 Å². The Bertz CT molecular complexity index is 603. The van der Waals surface area contributed by atoms with Crippen molar-refractivity contribution in [2.45, 2.75) is 13.3 Å². The Labute approximate surface area is 108 Å². The van der Waals surface area contributed by atoms with Crippen molar-refractivity contribution in [1.82, 2.24) is 10.1 Å². The molecule has 2 rings (SSSR count). The summed E-state index contributed by atoms with van der Waals surface area (Å²) in [5, 5.41) is 15.8. The highest BCUT2D eigenvalue weighted by Gasteiger charge is 2.18. The lowest BCUT2D eigenvalue weighted by molar-refractivity contribution is -0.676. The van der Waals surface area contributed by atoms with E-state index in [0.29, 0.717) is 20.9 Å². The topological polar surface area (TPSA) is 79.0 Å². The van der Waals surface area contributed by atoms with Crippen molar-refractivity contribution in [2.75, 3.05) is 6.61 Å². The van der Waals surface area contributed by atoms with Crippen molar-refractivity contribution in [3.8, 4) is 0 Å². The fraction of sp³-hybridized carbons (Fsp3) is 0.273. The Hall–Kier alpha value is -1.95. The van der Waals surface area contributed by atoms with Gasteiger partial charge in [-0.05, 0) is 30.1 Å². The molecule has 94 valence electrons. The van der Waals surface area contributed by atoms with Crippen molar-refractivity contribution in [1.29, 1.82) is 0 Å². The zero-order valence-electron chi connectivity index (χ0n) is 9.59. The molecule has 0 N–H and O–H groups in total. The second-order valence-corrected chi connectivity index (χ2v) is 3.95. The second kappa shape index (κ2) is 5.14. The fourth-order valence-electron chi connectivity index (χ4n) is 1.46. The maximum atomic E-state index is 11.6. The van der Waals surface area contributed by atoms with E-state index in [1.165, 1.54) is 6.07 Å². The molecule has 0 aliphatic carbocycles. The first-order valence-corrected chi connectivity index (χ1v) is 5.69. The summed E-state index contributed by atoms with van der Waals surface area (Å²) in [6.45, 7) is 1.95. The van der Waals surface area contributed by atoms with Gasteiger partial charge < -0.3 is 9.94 Å². The predicted molar refractivity (Wildman–Crippen MR) is 63.8 cm³/mol. The van der Waals surface area contributed by atoms with Crippen molar-refractivity contribution in [3.05, 3.63) is 34.3 Å². The molecule has 2 aromatic rings. The number of benzene rings is 1. The number of hydrogen-bond acceptors (Lipinski definition) is 5. The number of fused-ring (bicyclic) bond motifs is 1. The Kier molecular flexibility index (Phi) is 3.57. The van der Waals surface area contributed by atoms with Crippen LogP contribution in [0, 0.1) is 5.21 Å². The van der Waals surface area contributed by atoms with E-state index in [2.05, 4.69) is 10.1 Å². The minimum atomic E-state index is -0.510. The molecule has 1 aromatic heterocycles. The third-order valence-corrected chi connectivity index (χ3v) is 2.45. The van der Waals surface area contributed by atoms with Gasteiger partial charge in [0, 0.05) is 5.02 Å². The summed E-state index contributed by atoms with van der Waals surface area (Å²) in [6, 6.07) is 4.81. The Morgan fingerprint density at radius 3 is 3.00 bits per heavy atom. The first-order chi connectivity index (χ1) is 8.60. The van der Waals surface area contributed by atoms with Crippen molar-refractivity contribution in [3.63, 3.8) is 0 Å². The summed E-state index contributed by atoms with van der Waals surface area (Å²) in [6.07, 6.45) is -0.205.